The third kappa shape index (κ3) is 8.80. The summed E-state index contributed by atoms with van der Waals surface area (Å²) in [6.07, 6.45) is -0.940. The molecule has 0 unspecified atom stereocenters. The van der Waals surface area contributed by atoms with Crippen LogP contribution >= 0.6 is 15.9 Å². The molecule has 0 aliphatic heterocycles. The number of halogens is 1. The van der Waals surface area contributed by atoms with Gasteiger partial charge in [-0.05, 0) is 51.0 Å². The van der Waals surface area contributed by atoms with Gasteiger partial charge in [-0.1, -0.05) is 46.3 Å². The van der Waals surface area contributed by atoms with Crippen molar-refractivity contribution in [2.24, 2.45) is 5.92 Å². The number of rotatable bonds is 8. The average Bonchev–Trinajstić information content (AvgIpc) is 2.67. The van der Waals surface area contributed by atoms with Gasteiger partial charge in [0.2, 0.25) is 0 Å². The first-order valence-corrected chi connectivity index (χ1v) is 10.4. The number of hydrogen-bond acceptors (Lipinski definition) is 6. The molecule has 31 heavy (non-hydrogen) atoms. The Morgan fingerprint density at radius 3 is 2.26 bits per heavy atom. The first-order chi connectivity index (χ1) is 14.5. The van der Waals surface area contributed by atoms with Crippen molar-refractivity contribution in [3.8, 4) is 5.75 Å². The van der Waals surface area contributed by atoms with Crippen molar-refractivity contribution in [3.63, 3.8) is 0 Å². The highest BCUT2D eigenvalue weighted by Crippen LogP contribution is 2.20. The van der Waals surface area contributed by atoms with Crippen molar-refractivity contribution in [2.45, 2.75) is 45.8 Å². The molecule has 2 aromatic carbocycles. The fourth-order valence-corrected chi connectivity index (χ4v) is 3.09. The molecule has 0 aliphatic carbocycles. The van der Waals surface area contributed by atoms with Gasteiger partial charge in [0.15, 0.2) is 0 Å². The van der Waals surface area contributed by atoms with Gasteiger partial charge < -0.3 is 19.3 Å². The molecule has 1 atom stereocenters. The minimum absolute atomic E-state index is 0.0588. The van der Waals surface area contributed by atoms with E-state index in [4.69, 9.17) is 14.2 Å². The largest absolute Gasteiger partial charge is 0.514 e. The Morgan fingerprint density at radius 1 is 1.03 bits per heavy atom. The molecule has 0 radical (unpaired) electrons. The zero-order valence-corrected chi connectivity index (χ0v) is 19.2. The average molecular weight is 493 g/mol. The van der Waals surface area contributed by atoms with Crippen LogP contribution < -0.4 is 4.74 Å². The molecule has 8 heteroatoms. The minimum atomic E-state index is -1.08. The third-order valence-corrected chi connectivity index (χ3v) is 4.87. The highest BCUT2D eigenvalue weighted by atomic mass is 79.9. The SMILES string of the molecule is CC(C)(C)OC(=O)C[C@H](Cc1ccc(OC(=O)OCc2ccccc2Br)cc1)C(=O)O. The van der Waals surface area contributed by atoms with Crippen LogP contribution in [0.15, 0.2) is 53.0 Å². The number of carboxylic acids is 1. The highest BCUT2D eigenvalue weighted by molar-refractivity contribution is 9.10. The highest BCUT2D eigenvalue weighted by Gasteiger charge is 2.25. The van der Waals surface area contributed by atoms with E-state index in [0.717, 1.165) is 10.0 Å². The van der Waals surface area contributed by atoms with Gasteiger partial charge in [-0.25, -0.2) is 4.79 Å². The fourth-order valence-electron chi connectivity index (χ4n) is 2.69. The molecule has 0 spiro atoms. The summed E-state index contributed by atoms with van der Waals surface area (Å²) in [5, 5.41) is 9.43. The van der Waals surface area contributed by atoms with Crippen LogP contribution in [0.5, 0.6) is 5.75 Å². The van der Waals surface area contributed by atoms with E-state index < -0.39 is 29.6 Å². The van der Waals surface area contributed by atoms with E-state index in [1.807, 2.05) is 24.3 Å². The van der Waals surface area contributed by atoms with Crippen molar-refractivity contribution in [2.75, 3.05) is 0 Å². The van der Waals surface area contributed by atoms with Gasteiger partial charge in [0.25, 0.3) is 0 Å². The van der Waals surface area contributed by atoms with E-state index in [1.54, 1.807) is 45.0 Å². The Labute approximate surface area is 189 Å². The maximum atomic E-state index is 12.0. The Morgan fingerprint density at radius 2 is 1.68 bits per heavy atom. The van der Waals surface area contributed by atoms with Gasteiger partial charge in [-0.2, -0.15) is 0 Å². The Hall–Kier alpha value is -2.87. The molecule has 0 fully saturated rings. The van der Waals surface area contributed by atoms with E-state index in [0.29, 0.717) is 5.56 Å². The fraction of sp³-hybridized carbons (Fsp3) is 0.348. The number of carbonyl (C=O) groups is 3. The Balaban J connectivity index is 1.89. The van der Waals surface area contributed by atoms with Crippen molar-refractivity contribution in [1.82, 2.24) is 0 Å². The number of hydrogen-bond donors (Lipinski definition) is 1. The van der Waals surface area contributed by atoms with Crippen LogP contribution in [0.1, 0.15) is 38.3 Å². The van der Waals surface area contributed by atoms with E-state index in [1.165, 1.54) is 0 Å². The molecule has 0 aliphatic rings. The van der Waals surface area contributed by atoms with Gasteiger partial charge in [-0.3, -0.25) is 9.59 Å². The molecular weight excluding hydrogens is 468 g/mol. The normalized spacial score (nSPS) is 12.0. The van der Waals surface area contributed by atoms with Gasteiger partial charge in [-0.15, -0.1) is 0 Å². The lowest BCUT2D eigenvalue weighted by molar-refractivity contribution is -0.159. The lowest BCUT2D eigenvalue weighted by atomic mass is 9.96. The van der Waals surface area contributed by atoms with E-state index in [9.17, 15) is 19.5 Å². The van der Waals surface area contributed by atoms with Gasteiger partial charge in [0.1, 0.15) is 18.0 Å². The summed E-state index contributed by atoms with van der Waals surface area (Å²) < 4.78 is 16.3. The summed E-state index contributed by atoms with van der Waals surface area (Å²) in [5.74, 6) is -2.30. The van der Waals surface area contributed by atoms with E-state index >= 15 is 0 Å². The maximum Gasteiger partial charge on any atom is 0.514 e. The summed E-state index contributed by atoms with van der Waals surface area (Å²) in [6.45, 7) is 5.23. The third-order valence-electron chi connectivity index (χ3n) is 4.09. The molecule has 7 nitrogen and oxygen atoms in total. The van der Waals surface area contributed by atoms with Crippen LogP contribution in [-0.4, -0.2) is 28.8 Å². The lowest BCUT2D eigenvalue weighted by Crippen LogP contribution is -2.28. The Kier molecular flexibility index (Phi) is 8.62. The lowest BCUT2D eigenvalue weighted by Gasteiger charge is -2.21. The number of benzene rings is 2. The molecule has 0 saturated carbocycles. The molecule has 0 aromatic heterocycles. The predicted octanol–water partition coefficient (Wildman–Crippen LogP) is 5.14. The van der Waals surface area contributed by atoms with Gasteiger partial charge in [0, 0.05) is 10.0 Å². The van der Waals surface area contributed by atoms with Gasteiger partial charge >= 0.3 is 18.1 Å². The van der Waals surface area contributed by atoms with Crippen molar-refractivity contribution in [3.05, 3.63) is 64.1 Å². The van der Waals surface area contributed by atoms with Crippen molar-refractivity contribution < 1.29 is 33.7 Å². The first kappa shape index (κ1) is 24.4. The summed E-state index contributed by atoms with van der Waals surface area (Å²) in [4.78, 5) is 35.4. The molecule has 1 N–H and O–H groups in total. The van der Waals surface area contributed by atoms with Crippen LogP contribution in [0.25, 0.3) is 0 Å². The molecule has 0 saturated heterocycles. The predicted molar refractivity (Wildman–Crippen MR) is 117 cm³/mol. The monoisotopic (exact) mass is 492 g/mol. The summed E-state index contributed by atoms with van der Waals surface area (Å²) in [5.41, 5.74) is 0.814. The number of aliphatic carboxylic acids is 1. The zero-order chi connectivity index (χ0) is 23.0. The molecule has 0 bridgehead atoms. The molecule has 0 heterocycles. The molecule has 166 valence electrons. The van der Waals surface area contributed by atoms with Crippen molar-refractivity contribution >= 4 is 34.0 Å². The second kappa shape index (κ2) is 10.9. The first-order valence-electron chi connectivity index (χ1n) is 9.65. The molecule has 2 aromatic rings. The van der Waals surface area contributed by atoms with Crippen LogP contribution in [0.2, 0.25) is 0 Å². The minimum Gasteiger partial charge on any atom is -0.481 e. The number of carboxylic acid groups (broad SMARTS) is 1. The molecular formula is C23H25BrO7. The summed E-state index contributed by atoms with van der Waals surface area (Å²) in [7, 11) is 0. The van der Waals surface area contributed by atoms with Crippen LogP contribution in [0.3, 0.4) is 0 Å². The number of ether oxygens (including phenoxy) is 3. The quantitative estimate of drug-likeness (QED) is 0.402. The number of esters is 1. The molecule has 0 amide bonds. The standard InChI is InChI=1S/C23H25BrO7/c1-23(2,3)31-20(25)13-17(21(26)27)12-15-8-10-18(11-9-15)30-22(28)29-14-16-6-4-5-7-19(16)24/h4-11,17H,12-14H2,1-3H3,(H,26,27)/t17-/m0/s1. The topological polar surface area (TPSA) is 99.1 Å². The van der Waals surface area contributed by atoms with E-state index in [2.05, 4.69) is 15.9 Å². The maximum absolute atomic E-state index is 12.0. The number of carbonyl (C=O) groups excluding carboxylic acids is 2. The second-order valence-electron chi connectivity index (χ2n) is 7.91. The smallest absolute Gasteiger partial charge is 0.481 e. The zero-order valence-electron chi connectivity index (χ0n) is 17.6. The van der Waals surface area contributed by atoms with Crippen LogP contribution in [0, 0.1) is 5.92 Å². The van der Waals surface area contributed by atoms with Gasteiger partial charge in [0.05, 0.1) is 12.3 Å². The summed E-state index contributed by atoms with van der Waals surface area (Å²) in [6, 6.07) is 13.7. The van der Waals surface area contributed by atoms with Crippen LogP contribution in [0.4, 0.5) is 4.79 Å². The van der Waals surface area contributed by atoms with E-state index in [-0.39, 0.29) is 25.2 Å². The van der Waals surface area contributed by atoms with Crippen LogP contribution in [-0.2, 0) is 32.1 Å². The van der Waals surface area contributed by atoms with Crippen molar-refractivity contribution in [1.29, 1.82) is 0 Å². The summed E-state index contributed by atoms with van der Waals surface area (Å²) >= 11 is 3.38. The second-order valence-corrected chi connectivity index (χ2v) is 8.76. The molecule has 2 rings (SSSR count). The Bertz CT molecular complexity index is 916.